The summed E-state index contributed by atoms with van der Waals surface area (Å²) in [6.45, 7) is 1.54. The van der Waals surface area contributed by atoms with Crippen LogP contribution in [0.1, 0.15) is 129 Å². The van der Waals surface area contributed by atoms with E-state index in [1.54, 1.807) is 0 Å². The zero-order valence-electron chi connectivity index (χ0n) is 23.1. The van der Waals surface area contributed by atoms with Crippen molar-refractivity contribution < 1.29 is 40.2 Å². The van der Waals surface area contributed by atoms with Crippen molar-refractivity contribution in [3.05, 3.63) is 0 Å². The first kappa shape index (κ1) is 37.3. The molecule has 0 aromatic rings. The minimum atomic E-state index is -1.94. The lowest BCUT2D eigenvalue weighted by atomic mass is 9.95. The van der Waals surface area contributed by atoms with Crippen LogP contribution in [0.3, 0.4) is 0 Å². The molecule has 8 heteroatoms. The Balaban J connectivity index is 0. The Morgan fingerprint density at radius 2 is 0.667 bits per heavy atom. The van der Waals surface area contributed by atoms with E-state index < -0.39 is 49.2 Å². The summed E-state index contributed by atoms with van der Waals surface area (Å²) < 4.78 is 0. The van der Waals surface area contributed by atoms with Gasteiger partial charge in [-0.1, -0.05) is 104 Å². The van der Waals surface area contributed by atoms with E-state index in [9.17, 15) is 19.8 Å². The Bertz CT molecular complexity index is 516. The highest BCUT2D eigenvalue weighted by Crippen LogP contribution is 2.15. The zero-order chi connectivity index (χ0) is 27.7. The number of carbonyl (C=O) groups excluding carboxylic acids is 2. The van der Waals surface area contributed by atoms with Gasteiger partial charge in [0, 0.05) is 12.8 Å². The molecule has 0 atom stereocenters. The van der Waals surface area contributed by atoms with Crippen molar-refractivity contribution in [2.24, 2.45) is 0 Å². The Kier molecular flexibility index (Phi) is 25.3. The summed E-state index contributed by atoms with van der Waals surface area (Å²) in [6.07, 6.45) is 18.6. The van der Waals surface area contributed by atoms with Crippen molar-refractivity contribution in [2.75, 3.05) is 26.4 Å². The maximum atomic E-state index is 11.6. The van der Waals surface area contributed by atoms with Gasteiger partial charge in [-0.25, -0.2) is 0 Å². The standard InChI is InChI=1S/C15H30O4.C13H26O4/c1-2-3-4-5-6-7-8-9-10-11-14(18)15(19,12-16)13-17;1-2-3-4-5-6-7-8-9-12(16)13(17,10-14)11-15/h16-17,19H,2-13H2,1H3;14-15,17H,2-11H2,1H3. The van der Waals surface area contributed by atoms with Gasteiger partial charge in [-0.2, -0.15) is 0 Å². The van der Waals surface area contributed by atoms with Gasteiger partial charge in [-0.05, 0) is 12.8 Å². The molecule has 0 aliphatic rings. The maximum absolute atomic E-state index is 11.6. The maximum Gasteiger partial charge on any atom is 0.169 e. The number of hydrogen-bond donors (Lipinski definition) is 6. The van der Waals surface area contributed by atoms with Gasteiger partial charge in [-0.3, -0.25) is 9.59 Å². The largest absolute Gasteiger partial charge is 0.393 e. The molecule has 216 valence electrons. The fraction of sp³-hybridized carbons (Fsp3) is 0.929. The van der Waals surface area contributed by atoms with Crippen LogP contribution in [0.2, 0.25) is 0 Å². The first-order chi connectivity index (χ1) is 17.2. The predicted octanol–water partition coefficient (Wildman–Crippen LogP) is 3.60. The lowest BCUT2D eigenvalue weighted by Gasteiger charge is -2.21. The highest BCUT2D eigenvalue weighted by molar-refractivity contribution is 5.87. The molecule has 0 heterocycles. The smallest absolute Gasteiger partial charge is 0.169 e. The third-order valence-electron chi connectivity index (χ3n) is 6.60. The lowest BCUT2D eigenvalue weighted by Crippen LogP contribution is -2.45. The topological polar surface area (TPSA) is 156 Å². The van der Waals surface area contributed by atoms with Crippen LogP contribution in [0.15, 0.2) is 0 Å². The van der Waals surface area contributed by atoms with Crippen LogP contribution in [-0.4, -0.2) is 79.8 Å². The third kappa shape index (κ3) is 18.4. The fourth-order valence-corrected chi connectivity index (χ4v) is 3.76. The van der Waals surface area contributed by atoms with E-state index >= 15 is 0 Å². The lowest BCUT2D eigenvalue weighted by molar-refractivity contribution is -0.147. The van der Waals surface area contributed by atoms with Gasteiger partial charge in [0.25, 0.3) is 0 Å². The number of hydrogen-bond acceptors (Lipinski definition) is 8. The Morgan fingerprint density at radius 3 is 0.889 bits per heavy atom. The molecule has 0 amide bonds. The predicted molar refractivity (Wildman–Crippen MR) is 143 cm³/mol. The van der Waals surface area contributed by atoms with Gasteiger partial charge in [0.05, 0.1) is 26.4 Å². The molecule has 0 aliphatic carbocycles. The second kappa shape index (κ2) is 24.4. The van der Waals surface area contributed by atoms with Crippen molar-refractivity contribution in [3.8, 4) is 0 Å². The fourth-order valence-electron chi connectivity index (χ4n) is 3.76. The zero-order valence-corrected chi connectivity index (χ0v) is 23.1. The van der Waals surface area contributed by atoms with Crippen LogP contribution in [0.5, 0.6) is 0 Å². The van der Waals surface area contributed by atoms with E-state index in [1.165, 1.54) is 64.2 Å². The summed E-state index contributed by atoms with van der Waals surface area (Å²) in [7, 11) is 0. The van der Waals surface area contributed by atoms with E-state index in [0.29, 0.717) is 6.42 Å². The molecule has 0 saturated heterocycles. The molecule has 0 fully saturated rings. The molecule has 0 bridgehead atoms. The van der Waals surface area contributed by atoms with Crippen molar-refractivity contribution in [3.63, 3.8) is 0 Å². The van der Waals surface area contributed by atoms with E-state index in [0.717, 1.165) is 32.1 Å². The molecular formula is C28H56O8. The summed E-state index contributed by atoms with van der Waals surface area (Å²) in [5.41, 5.74) is -3.89. The second-order valence-electron chi connectivity index (χ2n) is 9.99. The minimum Gasteiger partial charge on any atom is -0.393 e. The molecule has 0 saturated carbocycles. The van der Waals surface area contributed by atoms with Gasteiger partial charge in [0.15, 0.2) is 22.8 Å². The van der Waals surface area contributed by atoms with Gasteiger partial charge in [-0.15, -0.1) is 0 Å². The molecule has 0 aliphatic heterocycles. The van der Waals surface area contributed by atoms with Gasteiger partial charge < -0.3 is 30.6 Å². The van der Waals surface area contributed by atoms with Crippen LogP contribution >= 0.6 is 0 Å². The summed E-state index contributed by atoms with van der Waals surface area (Å²) in [5.74, 6) is -0.920. The van der Waals surface area contributed by atoms with Crippen molar-refractivity contribution in [1.82, 2.24) is 0 Å². The normalized spacial score (nSPS) is 11.8. The molecule has 0 rings (SSSR count). The monoisotopic (exact) mass is 520 g/mol. The number of carbonyl (C=O) groups is 2. The van der Waals surface area contributed by atoms with Crippen molar-refractivity contribution >= 4 is 11.6 Å². The average Bonchev–Trinajstić information content (AvgIpc) is 2.90. The third-order valence-corrected chi connectivity index (χ3v) is 6.60. The van der Waals surface area contributed by atoms with Crippen LogP contribution in [0.25, 0.3) is 0 Å². The molecular weight excluding hydrogens is 464 g/mol. The number of aliphatic hydroxyl groups excluding tert-OH is 4. The van der Waals surface area contributed by atoms with E-state index in [2.05, 4.69) is 13.8 Å². The molecule has 36 heavy (non-hydrogen) atoms. The van der Waals surface area contributed by atoms with Gasteiger partial charge in [0.1, 0.15) is 0 Å². The highest BCUT2D eigenvalue weighted by Gasteiger charge is 2.34. The number of ketones is 2. The Labute approximate surface area is 219 Å². The molecule has 0 radical (unpaired) electrons. The molecule has 0 aromatic carbocycles. The minimum absolute atomic E-state index is 0.228. The molecule has 6 N–H and O–H groups in total. The first-order valence-electron chi connectivity index (χ1n) is 14.2. The number of aliphatic hydroxyl groups is 6. The Morgan fingerprint density at radius 1 is 0.444 bits per heavy atom. The van der Waals surface area contributed by atoms with E-state index in [1.807, 2.05) is 0 Å². The van der Waals surface area contributed by atoms with Crippen LogP contribution in [-0.2, 0) is 9.59 Å². The Hall–Kier alpha value is -0.900. The summed E-state index contributed by atoms with van der Waals surface area (Å²) >= 11 is 0. The highest BCUT2D eigenvalue weighted by atomic mass is 16.4. The van der Waals surface area contributed by atoms with Crippen LogP contribution in [0.4, 0.5) is 0 Å². The molecule has 0 spiro atoms. The van der Waals surface area contributed by atoms with Crippen LogP contribution in [0, 0.1) is 0 Å². The molecule has 8 nitrogen and oxygen atoms in total. The number of rotatable bonds is 24. The van der Waals surface area contributed by atoms with Crippen molar-refractivity contribution in [1.29, 1.82) is 0 Å². The van der Waals surface area contributed by atoms with Crippen molar-refractivity contribution in [2.45, 2.75) is 141 Å². The first-order valence-corrected chi connectivity index (χ1v) is 14.2. The van der Waals surface area contributed by atoms with E-state index in [4.69, 9.17) is 20.4 Å². The number of unbranched alkanes of at least 4 members (excludes halogenated alkanes) is 14. The summed E-state index contributed by atoms with van der Waals surface area (Å²) in [4.78, 5) is 23.1. The molecule has 0 unspecified atom stereocenters. The summed E-state index contributed by atoms with van der Waals surface area (Å²) in [5, 5.41) is 54.5. The van der Waals surface area contributed by atoms with Gasteiger partial charge in [0.2, 0.25) is 0 Å². The number of Topliss-reactive ketones (excluding diaryl/α,β-unsaturated/α-hetero) is 2. The summed E-state index contributed by atoms with van der Waals surface area (Å²) in [6, 6.07) is 0. The van der Waals surface area contributed by atoms with Crippen LogP contribution < -0.4 is 0 Å². The van der Waals surface area contributed by atoms with Gasteiger partial charge >= 0.3 is 0 Å². The molecule has 0 aromatic heterocycles. The van der Waals surface area contributed by atoms with E-state index in [-0.39, 0.29) is 12.8 Å². The second-order valence-corrected chi connectivity index (χ2v) is 9.99. The quantitative estimate of drug-likeness (QED) is 0.105. The SMILES string of the molecule is CCCCCCCCCC(=O)C(O)(CO)CO.CCCCCCCCCCCC(=O)C(O)(CO)CO. The average molecular weight is 521 g/mol.